The molecule has 200 valence electrons. The molecule has 0 spiro atoms. The quantitative estimate of drug-likeness (QED) is 0.308. The van der Waals surface area contributed by atoms with Gasteiger partial charge in [-0.25, -0.2) is 0 Å². The summed E-state index contributed by atoms with van der Waals surface area (Å²) in [6, 6.07) is 21.8. The summed E-state index contributed by atoms with van der Waals surface area (Å²) in [7, 11) is 1.91. The van der Waals surface area contributed by atoms with Crippen molar-refractivity contribution in [3.8, 4) is 11.1 Å². The molecular weight excluding hydrogens is 486 g/mol. The summed E-state index contributed by atoms with van der Waals surface area (Å²) < 4.78 is 1.80. The van der Waals surface area contributed by atoms with Crippen molar-refractivity contribution < 1.29 is 9.59 Å². The van der Waals surface area contributed by atoms with Gasteiger partial charge in [-0.1, -0.05) is 30.3 Å². The number of hydrogen-bond donors (Lipinski definition) is 2. The molecule has 7 nitrogen and oxygen atoms in total. The fourth-order valence-corrected chi connectivity index (χ4v) is 5.05. The van der Waals surface area contributed by atoms with Gasteiger partial charge < -0.3 is 15.5 Å². The number of hydrogen-bond acceptors (Lipinski definition) is 4. The molecule has 7 heteroatoms. The van der Waals surface area contributed by atoms with E-state index in [0.29, 0.717) is 41.9 Å². The predicted octanol–water partition coefficient (Wildman–Crippen LogP) is 6.10. The van der Waals surface area contributed by atoms with Crippen molar-refractivity contribution in [1.82, 2.24) is 14.7 Å². The number of aromatic nitrogens is 2. The molecule has 1 aromatic heterocycles. The van der Waals surface area contributed by atoms with Gasteiger partial charge in [-0.3, -0.25) is 14.3 Å². The first-order valence-corrected chi connectivity index (χ1v) is 13.4. The summed E-state index contributed by atoms with van der Waals surface area (Å²) in [4.78, 5) is 28.2. The van der Waals surface area contributed by atoms with Crippen LogP contribution < -0.4 is 10.6 Å². The third-order valence-corrected chi connectivity index (χ3v) is 7.23. The molecule has 1 aliphatic heterocycles. The monoisotopic (exact) mass is 521 g/mol. The number of aryl methyl sites for hydroxylation is 2. The number of amides is 2. The van der Waals surface area contributed by atoms with Gasteiger partial charge in [0.1, 0.15) is 0 Å². The van der Waals surface area contributed by atoms with Crippen LogP contribution in [0.3, 0.4) is 0 Å². The van der Waals surface area contributed by atoms with Gasteiger partial charge in [0, 0.05) is 66.4 Å². The normalized spacial score (nSPS) is 15.0. The van der Waals surface area contributed by atoms with Gasteiger partial charge in [-0.2, -0.15) is 5.10 Å². The number of benzene rings is 3. The second kappa shape index (κ2) is 11.2. The first kappa shape index (κ1) is 26.2. The number of anilines is 2. The maximum absolute atomic E-state index is 13.4. The molecule has 3 aromatic carbocycles. The molecule has 1 atom stereocenters. The zero-order valence-corrected chi connectivity index (χ0v) is 22.9. The van der Waals surface area contributed by atoms with Crippen LogP contribution in [0.25, 0.3) is 11.1 Å². The minimum Gasteiger partial charge on any atom is -0.383 e. The fourth-order valence-electron chi connectivity index (χ4n) is 5.05. The number of rotatable bonds is 7. The van der Waals surface area contributed by atoms with Crippen LogP contribution in [-0.2, 0) is 7.05 Å². The first-order chi connectivity index (χ1) is 18.8. The van der Waals surface area contributed by atoms with E-state index in [0.717, 1.165) is 28.8 Å². The Morgan fingerprint density at radius 3 is 2.33 bits per heavy atom. The lowest BCUT2D eigenvalue weighted by atomic mass is 9.96. The minimum absolute atomic E-state index is 0.0101. The fraction of sp³-hybridized carbons (Fsp3) is 0.281. The van der Waals surface area contributed by atoms with Crippen LogP contribution in [0.5, 0.6) is 0 Å². The largest absolute Gasteiger partial charge is 0.383 e. The summed E-state index contributed by atoms with van der Waals surface area (Å²) in [6.07, 6.45) is 4.80. The Morgan fingerprint density at radius 1 is 0.949 bits per heavy atom. The Morgan fingerprint density at radius 2 is 1.67 bits per heavy atom. The van der Waals surface area contributed by atoms with Crippen LogP contribution in [-0.4, -0.2) is 45.6 Å². The van der Waals surface area contributed by atoms with Crippen LogP contribution in [0, 0.1) is 6.92 Å². The Labute approximate surface area is 229 Å². The van der Waals surface area contributed by atoms with Gasteiger partial charge in [0.05, 0.1) is 6.20 Å². The molecule has 39 heavy (non-hydrogen) atoms. The van der Waals surface area contributed by atoms with Crippen molar-refractivity contribution in [1.29, 1.82) is 0 Å². The molecule has 0 aliphatic carbocycles. The topological polar surface area (TPSA) is 79.3 Å². The van der Waals surface area contributed by atoms with E-state index in [1.807, 2.05) is 55.5 Å². The second-order valence-corrected chi connectivity index (χ2v) is 10.6. The number of carbonyl (C=O) groups excluding carboxylic acids is 2. The molecule has 4 aromatic rings. The molecule has 0 bridgehead atoms. The number of carbonyl (C=O) groups is 2. The summed E-state index contributed by atoms with van der Waals surface area (Å²) in [5, 5.41) is 10.6. The van der Waals surface area contributed by atoms with E-state index in [9.17, 15) is 9.59 Å². The van der Waals surface area contributed by atoms with Gasteiger partial charge in [0.15, 0.2) is 0 Å². The van der Waals surface area contributed by atoms with E-state index >= 15 is 0 Å². The van der Waals surface area contributed by atoms with E-state index in [2.05, 4.69) is 53.8 Å². The van der Waals surface area contributed by atoms with Crippen molar-refractivity contribution in [2.45, 2.75) is 39.2 Å². The number of likely N-dealkylation sites (tertiary alicyclic amines) is 1. The van der Waals surface area contributed by atoms with Gasteiger partial charge in [0.25, 0.3) is 11.8 Å². The highest BCUT2D eigenvalue weighted by molar-refractivity contribution is 6.05. The second-order valence-electron chi connectivity index (χ2n) is 10.6. The van der Waals surface area contributed by atoms with Crippen molar-refractivity contribution in [2.75, 3.05) is 23.7 Å². The van der Waals surface area contributed by atoms with Crippen LogP contribution in [0.1, 0.15) is 58.0 Å². The molecular formula is C32H35N5O2. The predicted molar refractivity (Wildman–Crippen MR) is 156 cm³/mol. The molecule has 1 saturated heterocycles. The lowest BCUT2D eigenvalue weighted by molar-refractivity contribution is 0.0790. The van der Waals surface area contributed by atoms with E-state index < -0.39 is 0 Å². The molecule has 0 radical (unpaired) electrons. The summed E-state index contributed by atoms with van der Waals surface area (Å²) >= 11 is 0. The molecule has 1 aliphatic rings. The average Bonchev–Trinajstić information content (AvgIpc) is 3.59. The highest BCUT2D eigenvalue weighted by Gasteiger charge is 2.28. The van der Waals surface area contributed by atoms with Crippen LogP contribution in [0.4, 0.5) is 11.4 Å². The lowest BCUT2D eigenvalue weighted by Gasteiger charge is -2.18. The number of nitrogens with one attached hydrogen (secondary N) is 2. The highest BCUT2D eigenvalue weighted by Crippen LogP contribution is 2.30. The van der Waals surface area contributed by atoms with E-state index in [1.165, 1.54) is 5.56 Å². The lowest BCUT2D eigenvalue weighted by Crippen LogP contribution is -2.28. The number of nitrogens with zero attached hydrogens (tertiary/aromatic N) is 3. The van der Waals surface area contributed by atoms with Crippen molar-refractivity contribution in [3.63, 3.8) is 0 Å². The van der Waals surface area contributed by atoms with E-state index in [1.54, 1.807) is 22.9 Å². The van der Waals surface area contributed by atoms with E-state index in [-0.39, 0.29) is 11.8 Å². The molecule has 5 rings (SSSR count). The van der Waals surface area contributed by atoms with Crippen LogP contribution in [0.15, 0.2) is 79.1 Å². The van der Waals surface area contributed by atoms with Gasteiger partial charge in [-0.15, -0.1) is 0 Å². The maximum Gasteiger partial charge on any atom is 0.255 e. The van der Waals surface area contributed by atoms with Crippen LogP contribution >= 0.6 is 0 Å². The Bertz CT molecular complexity index is 1470. The van der Waals surface area contributed by atoms with Crippen molar-refractivity contribution in [2.24, 2.45) is 7.05 Å². The molecule has 2 N–H and O–H groups in total. The van der Waals surface area contributed by atoms with Gasteiger partial charge in [-0.05, 0) is 80.3 Å². The molecule has 1 fully saturated rings. The molecule has 2 heterocycles. The Balaban J connectivity index is 1.23. The average molecular weight is 522 g/mol. The highest BCUT2D eigenvalue weighted by atomic mass is 16.2. The zero-order chi connectivity index (χ0) is 27.5. The third-order valence-electron chi connectivity index (χ3n) is 7.23. The zero-order valence-electron chi connectivity index (χ0n) is 22.9. The van der Waals surface area contributed by atoms with Crippen molar-refractivity contribution >= 4 is 23.2 Å². The minimum atomic E-state index is -0.199. The summed E-state index contributed by atoms with van der Waals surface area (Å²) in [5.74, 6) is 0.0912. The molecule has 2 amide bonds. The summed E-state index contributed by atoms with van der Waals surface area (Å²) in [5.41, 5.74) is 7.15. The van der Waals surface area contributed by atoms with Gasteiger partial charge >= 0.3 is 0 Å². The Hall–Kier alpha value is -4.39. The third kappa shape index (κ3) is 6.03. The smallest absolute Gasteiger partial charge is 0.255 e. The van der Waals surface area contributed by atoms with Crippen molar-refractivity contribution in [3.05, 3.63) is 101 Å². The Kier molecular flexibility index (Phi) is 7.50. The van der Waals surface area contributed by atoms with E-state index in [4.69, 9.17) is 0 Å². The van der Waals surface area contributed by atoms with Crippen LogP contribution in [0.2, 0.25) is 0 Å². The molecule has 1 unspecified atom stereocenters. The maximum atomic E-state index is 13.4. The van der Waals surface area contributed by atoms with Gasteiger partial charge in [0.2, 0.25) is 0 Å². The summed E-state index contributed by atoms with van der Waals surface area (Å²) in [6.45, 7) is 7.46. The standard InChI is InChI=1S/C32H35N5O2/c1-21(2)34-29-13-11-25(12-14-29)31(38)35-30-17-26(6-5-22(30)3)32(39)37-16-15-27(20-37)23-7-9-24(10-8-23)28-18-33-36(4)19-28/h5-14,17-19,21,27,34H,15-16,20H2,1-4H3,(H,35,38). The first-order valence-electron chi connectivity index (χ1n) is 13.4. The molecule has 0 saturated carbocycles. The SMILES string of the molecule is Cc1ccc(C(=O)N2CCC(c3ccc(-c4cnn(C)c4)cc3)C2)cc1NC(=O)c1ccc(NC(C)C)cc1.